The fourth-order valence-corrected chi connectivity index (χ4v) is 2.05. The van der Waals surface area contributed by atoms with Crippen LogP contribution in [0.1, 0.15) is 24.7 Å². The molecule has 25 heavy (non-hydrogen) atoms. The summed E-state index contributed by atoms with van der Waals surface area (Å²) in [5, 5.41) is 2.68. The average Bonchev–Trinajstić information content (AvgIpc) is 2.54. The lowest BCUT2D eigenvalue weighted by Crippen LogP contribution is -2.19. The highest BCUT2D eigenvalue weighted by Gasteiger charge is 2.28. The van der Waals surface area contributed by atoms with E-state index in [1.54, 1.807) is 24.4 Å². The van der Waals surface area contributed by atoms with Crippen LogP contribution < -0.4 is 10.1 Å². The van der Waals surface area contributed by atoms with Gasteiger partial charge in [0.05, 0.1) is 6.42 Å². The topological polar surface area (TPSA) is 64.1 Å². The average molecular weight is 353 g/mol. The van der Waals surface area contributed by atoms with Gasteiger partial charge in [-0.05, 0) is 30.2 Å². The lowest BCUT2D eigenvalue weighted by Gasteiger charge is -2.09. The summed E-state index contributed by atoms with van der Waals surface area (Å²) in [5.74, 6) is 0.909. The number of aryl methyl sites for hydroxylation is 1. The third-order valence-electron chi connectivity index (χ3n) is 3.14. The number of halogens is 3. The van der Waals surface area contributed by atoms with Crippen LogP contribution in [-0.4, -0.2) is 28.7 Å². The van der Waals surface area contributed by atoms with Crippen LogP contribution in [0.5, 0.6) is 5.75 Å². The number of amides is 1. The van der Waals surface area contributed by atoms with Gasteiger partial charge < -0.3 is 10.1 Å². The summed E-state index contributed by atoms with van der Waals surface area (Å²) in [7, 11) is 0. The third kappa shape index (κ3) is 6.78. The number of ether oxygens (including phenoxy) is 1. The van der Waals surface area contributed by atoms with Crippen molar-refractivity contribution in [3.05, 3.63) is 47.9 Å². The minimum atomic E-state index is -4.38. The number of hydrogen-bond donors (Lipinski definition) is 1. The Morgan fingerprint density at radius 2 is 1.92 bits per heavy atom. The molecule has 0 fully saturated rings. The van der Waals surface area contributed by atoms with E-state index in [4.69, 9.17) is 0 Å². The number of anilines is 1. The Bertz CT molecular complexity index is 703. The molecule has 0 atom stereocenters. The molecule has 0 saturated heterocycles. The lowest BCUT2D eigenvalue weighted by molar-refractivity contribution is -0.153. The summed E-state index contributed by atoms with van der Waals surface area (Å²) in [6.07, 6.45) is -1.09. The van der Waals surface area contributed by atoms with Crippen LogP contribution in [-0.2, 0) is 17.6 Å². The van der Waals surface area contributed by atoms with Gasteiger partial charge in [0.1, 0.15) is 17.4 Å². The maximum absolute atomic E-state index is 12.1. The van der Waals surface area contributed by atoms with Crippen molar-refractivity contribution in [2.24, 2.45) is 0 Å². The maximum Gasteiger partial charge on any atom is 0.422 e. The molecule has 0 aliphatic rings. The minimum absolute atomic E-state index is 0.0761. The summed E-state index contributed by atoms with van der Waals surface area (Å²) >= 11 is 0. The third-order valence-corrected chi connectivity index (χ3v) is 3.14. The molecule has 0 aliphatic heterocycles. The molecule has 0 saturated carbocycles. The van der Waals surface area contributed by atoms with Crippen molar-refractivity contribution in [2.45, 2.75) is 32.4 Å². The normalized spacial score (nSPS) is 11.2. The van der Waals surface area contributed by atoms with E-state index in [1.165, 1.54) is 12.1 Å². The fraction of sp³-hybridized carbons (Fsp3) is 0.353. The van der Waals surface area contributed by atoms with Crippen LogP contribution in [0.4, 0.5) is 19.0 Å². The fourth-order valence-electron chi connectivity index (χ4n) is 2.05. The second-order valence-electron chi connectivity index (χ2n) is 5.38. The van der Waals surface area contributed by atoms with Gasteiger partial charge in [0.25, 0.3) is 0 Å². The van der Waals surface area contributed by atoms with Crippen LogP contribution in [0.25, 0.3) is 0 Å². The van der Waals surface area contributed by atoms with Crippen LogP contribution in [0.15, 0.2) is 36.5 Å². The minimum Gasteiger partial charge on any atom is -0.484 e. The highest BCUT2D eigenvalue weighted by molar-refractivity contribution is 5.91. The van der Waals surface area contributed by atoms with Crippen molar-refractivity contribution in [2.75, 3.05) is 11.9 Å². The van der Waals surface area contributed by atoms with E-state index < -0.39 is 12.8 Å². The van der Waals surface area contributed by atoms with E-state index in [9.17, 15) is 18.0 Å². The van der Waals surface area contributed by atoms with Crippen molar-refractivity contribution in [1.82, 2.24) is 9.97 Å². The van der Waals surface area contributed by atoms with Gasteiger partial charge in [-0.25, -0.2) is 9.97 Å². The zero-order valence-electron chi connectivity index (χ0n) is 13.6. The second kappa shape index (κ2) is 8.46. The molecule has 2 rings (SSSR count). The number of nitrogens with zero attached hydrogens (tertiary/aromatic N) is 2. The predicted molar refractivity (Wildman–Crippen MR) is 86.4 cm³/mol. The molecule has 1 aromatic heterocycles. The first-order chi connectivity index (χ1) is 11.9. The highest BCUT2D eigenvalue weighted by atomic mass is 19.4. The molecule has 0 spiro atoms. The first-order valence-electron chi connectivity index (χ1n) is 7.76. The van der Waals surface area contributed by atoms with Gasteiger partial charge >= 0.3 is 6.18 Å². The number of carbonyl (C=O) groups excluding carboxylic acids is 1. The van der Waals surface area contributed by atoms with Gasteiger partial charge in [-0.3, -0.25) is 4.79 Å². The van der Waals surface area contributed by atoms with E-state index in [-0.39, 0.29) is 18.1 Å². The molecule has 1 aromatic carbocycles. The van der Waals surface area contributed by atoms with Gasteiger partial charge in [0, 0.05) is 12.6 Å². The molecule has 8 heteroatoms. The summed E-state index contributed by atoms with van der Waals surface area (Å²) in [4.78, 5) is 20.4. The Hall–Kier alpha value is -2.64. The molecule has 1 heterocycles. The van der Waals surface area contributed by atoms with Crippen LogP contribution in [0, 0.1) is 0 Å². The first kappa shape index (κ1) is 18.7. The second-order valence-corrected chi connectivity index (χ2v) is 5.38. The van der Waals surface area contributed by atoms with Crippen LogP contribution in [0.3, 0.4) is 0 Å². The molecule has 5 nitrogen and oxygen atoms in total. The Morgan fingerprint density at radius 3 is 2.56 bits per heavy atom. The number of aromatic nitrogens is 2. The van der Waals surface area contributed by atoms with Gasteiger partial charge in [0.2, 0.25) is 5.91 Å². The van der Waals surface area contributed by atoms with Crippen LogP contribution >= 0.6 is 0 Å². The maximum atomic E-state index is 12.1. The standard InChI is InChI=1S/C17H18F3N3O2/c1-2-3-14-21-9-8-15(22-14)23-16(24)10-12-4-6-13(7-5-12)25-11-17(18,19)20/h4-9H,2-3,10-11H2,1H3,(H,21,22,23,24). The van der Waals surface area contributed by atoms with E-state index in [0.717, 1.165) is 12.8 Å². The predicted octanol–water partition coefficient (Wildman–Crippen LogP) is 3.55. The molecule has 1 N–H and O–H groups in total. The number of benzene rings is 1. The molecular weight excluding hydrogens is 335 g/mol. The van der Waals surface area contributed by atoms with E-state index in [1.807, 2.05) is 6.92 Å². The summed E-state index contributed by atoms with van der Waals surface area (Å²) in [6, 6.07) is 7.50. The van der Waals surface area contributed by atoms with Crippen molar-refractivity contribution >= 4 is 11.7 Å². The van der Waals surface area contributed by atoms with Gasteiger partial charge in [0.15, 0.2) is 6.61 Å². The van der Waals surface area contributed by atoms with Gasteiger partial charge in [-0.2, -0.15) is 13.2 Å². The Balaban J connectivity index is 1.89. The van der Waals surface area contributed by atoms with Gasteiger partial charge in [-0.1, -0.05) is 19.1 Å². The Morgan fingerprint density at radius 1 is 1.20 bits per heavy atom. The quantitative estimate of drug-likeness (QED) is 0.827. The molecule has 1 amide bonds. The first-order valence-corrected chi connectivity index (χ1v) is 7.76. The smallest absolute Gasteiger partial charge is 0.422 e. The summed E-state index contributed by atoms with van der Waals surface area (Å²) in [6.45, 7) is 0.664. The summed E-state index contributed by atoms with van der Waals surface area (Å²) in [5.41, 5.74) is 0.652. The SMILES string of the molecule is CCCc1nccc(NC(=O)Cc2ccc(OCC(F)(F)F)cc2)n1. The lowest BCUT2D eigenvalue weighted by atomic mass is 10.1. The van der Waals surface area contributed by atoms with E-state index in [2.05, 4.69) is 20.0 Å². The molecule has 0 aliphatic carbocycles. The molecule has 0 unspecified atom stereocenters. The zero-order chi connectivity index (χ0) is 18.3. The Kier molecular flexibility index (Phi) is 6.32. The summed E-state index contributed by atoms with van der Waals surface area (Å²) < 4.78 is 40.9. The Labute approximate surface area is 143 Å². The molecular formula is C17H18F3N3O2. The van der Waals surface area contributed by atoms with Crippen molar-refractivity contribution in [1.29, 1.82) is 0 Å². The zero-order valence-corrected chi connectivity index (χ0v) is 13.6. The number of nitrogens with one attached hydrogen (secondary N) is 1. The number of alkyl halides is 3. The van der Waals surface area contributed by atoms with Crippen molar-refractivity contribution in [3.8, 4) is 5.75 Å². The highest BCUT2D eigenvalue weighted by Crippen LogP contribution is 2.19. The number of rotatable bonds is 7. The van der Waals surface area contributed by atoms with Gasteiger partial charge in [-0.15, -0.1) is 0 Å². The van der Waals surface area contributed by atoms with E-state index >= 15 is 0 Å². The van der Waals surface area contributed by atoms with Crippen molar-refractivity contribution < 1.29 is 22.7 Å². The van der Waals surface area contributed by atoms with Crippen LogP contribution in [0.2, 0.25) is 0 Å². The monoisotopic (exact) mass is 353 g/mol. The number of hydrogen-bond acceptors (Lipinski definition) is 4. The molecule has 134 valence electrons. The van der Waals surface area contributed by atoms with Crippen molar-refractivity contribution in [3.63, 3.8) is 0 Å². The number of carbonyl (C=O) groups is 1. The molecule has 2 aromatic rings. The largest absolute Gasteiger partial charge is 0.484 e. The van der Waals surface area contributed by atoms with E-state index in [0.29, 0.717) is 17.2 Å². The molecule has 0 bridgehead atoms. The molecule has 0 radical (unpaired) electrons.